The van der Waals surface area contributed by atoms with Crippen LogP contribution in [-0.2, 0) is 19.0 Å². The Morgan fingerprint density at radius 1 is 1.32 bits per heavy atom. The number of esters is 1. The minimum atomic E-state index is -0.644. The van der Waals surface area contributed by atoms with Crippen molar-refractivity contribution >= 4 is 5.97 Å². The highest BCUT2D eigenvalue weighted by molar-refractivity contribution is 5.80. The van der Waals surface area contributed by atoms with Gasteiger partial charge in [-0.3, -0.25) is 10.1 Å². The molecule has 1 aliphatic carbocycles. The molecule has 5 nitrogen and oxygen atoms in total. The molecular weight excluding hydrogens is 246 g/mol. The van der Waals surface area contributed by atoms with Gasteiger partial charge in [0.2, 0.25) is 0 Å². The highest BCUT2D eigenvalue weighted by Crippen LogP contribution is 2.24. The first-order chi connectivity index (χ1) is 8.98. The molecule has 0 heterocycles. The molecule has 0 aromatic carbocycles. The van der Waals surface area contributed by atoms with Crippen LogP contribution < -0.4 is 5.32 Å². The van der Waals surface area contributed by atoms with Crippen molar-refractivity contribution in [3.05, 3.63) is 0 Å². The molecule has 19 heavy (non-hydrogen) atoms. The molecule has 1 rings (SSSR count). The van der Waals surface area contributed by atoms with E-state index in [1.54, 1.807) is 0 Å². The summed E-state index contributed by atoms with van der Waals surface area (Å²) in [6, 6.07) is 0.452. The van der Waals surface area contributed by atoms with E-state index in [0.717, 1.165) is 12.8 Å². The molecule has 0 aliphatic heterocycles. The van der Waals surface area contributed by atoms with Gasteiger partial charge in [-0.1, -0.05) is 0 Å². The molecule has 0 saturated heterocycles. The number of hydrogen-bond donors (Lipinski definition) is 1. The van der Waals surface area contributed by atoms with Crippen molar-refractivity contribution in [1.29, 1.82) is 0 Å². The number of hydrogen-bond acceptors (Lipinski definition) is 5. The standard InChI is InChI=1S/C14H27NO4/c1-11(2)19-10-9-18-8-7-14(3,13(16)17-4)15-12-5-6-12/h11-12,15H,5-10H2,1-4H3. The van der Waals surface area contributed by atoms with Crippen molar-refractivity contribution in [2.24, 2.45) is 0 Å². The summed E-state index contributed by atoms with van der Waals surface area (Å²) in [5.74, 6) is -0.221. The summed E-state index contributed by atoms with van der Waals surface area (Å²) in [5.41, 5.74) is -0.644. The third kappa shape index (κ3) is 6.36. The van der Waals surface area contributed by atoms with E-state index in [9.17, 15) is 4.79 Å². The lowest BCUT2D eigenvalue weighted by atomic mass is 9.98. The molecule has 1 atom stereocenters. The van der Waals surface area contributed by atoms with Crippen LogP contribution in [0.15, 0.2) is 0 Å². The molecule has 0 bridgehead atoms. The minimum absolute atomic E-state index is 0.221. The van der Waals surface area contributed by atoms with Gasteiger partial charge < -0.3 is 14.2 Å². The molecule has 112 valence electrons. The highest BCUT2D eigenvalue weighted by atomic mass is 16.5. The predicted molar refractivity (Wildman–Crippen MR) is 73.1 cm³/mol. The number of carbonyl (C=O) groups is 1. The van der Waals surface area contributed by atoms with Gasteiger partial charge >= 0.3 is 5.97 Å². The molecular formula is C14H27NO4. The number of carbonyl (C=O) groups excluding carboxylic acids is 1. The van der Waals surface area contributed by atoms with E-state index >= 15 is 0 Å². The number of rotatable bonds is 10. The Bertz CT molecular complexity index is 279. The van der Waals surface area contributed by atoms with E-state index in [-0.39, 0.29) is 12.1 Å². The zero-order valence-electron chi connectivity index (χ0n) is 12.5. The summed E-state index contributed by atoms with van der Waals surface area (Å²) in [6.45, 7) is 7.53. The topological polar surface area (TPSA) is 56.8 Å². The molecule has 0 amide bonds. The summed E-state index contributed by atoms with van der Waals surface area (Å²) in [7, 11) is 1.42. The Balaban J connectivity index is 2.22. The second-order valence-electron chi connectivity index (χ2n) is 5.52. The summed E-state index contributed by atoms with van der Waals surface area (Å²) >= 11 is 0. The monoisotopic (exact) mass is 273 g/mol. The molecule has 0 aromatic heterocycles. The zero-order valence-corrected chi connectivity index (χ0v) is 12.5. The summed E-state index contributed by atoms with van der Waals surface area (Å²) in [4.78, 5) is 11.8. The molecule has 0 spiro atoms. The maximum absolute atomic E-state index is 11.8. The Morgan fingerprint density at radius 3 is 2.53 bits per heavy atom. The van der Waals surface area contributed by atoms with E-state index in [4.69, 9.17) is 14.2 Å². The van der Waals surface area contributed by atoms with Crippen LogP contribution in [0.5, 0.6) is 0 Å². The molecule has 1 saturated carbocycles. The van der Waals surface area contributed by atoms with Crippen LogP contribution in [0.25, 0.3) is 0 Å². The lowest BCUT2D eigenvalue weighted by Gasteiger charge is -2.28. The summed E-state index contributed by atoms with van der Waals surface area (Å²) in [5, 5.41) is 3.34. The van der Waals surface area contributed by atoms with E-state index in [1.165, 1.54) is 7.11 Å². The van der Waals surface area contributed by atoms with Crippen LogP contribution in [0, 0.1) is 0 Å². The van der Waals surface area contributed by atoms with E-state index in [2.05, 4.69) is 5.32 Å². The SMILES string of the molecule is COC(=O)C(C)(CCOCCOC(C)C)NC1CC1. The first-order valence-corrected chi connectivity index (χ1v) is 7.03. The Hall–Kier alpha value is -0.650. The fraction of sp³-hybridized carbons (Fsp3) is 0.929. The summed E-state index contributed by atoms with van der Waals surface area (Å²) in [6.07, 6.45) is 3.10. The van der Waals surface area contributed by atoms with Crippen LogP contribution in [0.3, 0.4) is 0 Å². The largest absolute Gasteiger partial charge is 0.468 e. The minimum Gasteiger partial charge on any atom is -0.468 e. The van der Waals surface area contributed by atoms with Crippen LogP contribution in [0.1, 0.15) is 40.0 Å². The van der Waals surface area contributed by atoms with Crippen molar-refractivity contribution in [3.8, 4) is 0 Å². The Kier molecular flexibility index (Phi) is 6.75. The second-order valence-corrected chi connectivity index (χ2v) is 5.52. The fourth-order valence-electron chi connectivity index (χ4n) is 1.86. The normalized spacial score (nSPS) is 18.4. The highest BCUT2D eigenvalue weighted by Gasteiger charge is 2.39. The molecule has 1 unspecified atom stereocenters. The van der Waals surface area contributed by atoms with Crippen molar-refractivity contribution in [1.82, 2.24) is 5.32 Å². The predicted octanol–water partition coefficient (Wildman–Crippen LogP) is 1.50. The van der Waals surface area contributed by atoms with Crippen molar-refractivity contribution in [2.45, 2.75) is 57.7 Å². The first kappa shape index (κ1) is 16.4. The number of methoxy groups -OCH3 is 1. The maximum Gasteiger partial charge on any atom is 0.325 e. The van der Waals surface area contributed by atoms with Gasteiger partial charge in [0, 0.05) is 12.6 Å². The van der Waals surface area contributed by atoms with Gasteiger partial charge in [0.1, 0.15) is 5.54 Å². The number of ether oxygens (including phenoxy) is 3. The molecule has 0 radical (unpaired) electrons. The van der Waals surface area contributed by atoms with Crippen LogP contribution in [0.4, 0.5) is 0 Å². The molecule has 1 fully saturated rings. The Labute approximate surface area is 116 Å². The van der Waals surface area contributed by atoms with Gasteiger partial charge in [-0.2, -0.15) is 0 Å². The van der Waals surface area contributed by atoms with Crippen LogP contribution in [0.2, 0.25) is 0 Å². The molecule has 5 heteroatoms. The van der Waals surface area contributed by atoms with Crippen LogP contribution >= 0.6 is 0 Å². The average Bonchev–Trinajstić information content (AvgIpc) is 3.15. The van der Waals surface area contributed by atoms with E-state index < -0.39 is 5.54 Å². The van der Waals surface area contributed by atoms with Crippen molar-refractivity contribution < 1.29 is 19.0 Å². The molecule has 1 N–H and O–H groups in total. The van der Waals surface area contributed by atoms with Gasteiger partial charge in [-0.25, -0.2) is 0 Å². The van der Waals surface area contributed by atoms with Crippen LogP contribution in [-0.4, -0.2) is 50.6 Å². The van der Waals surface area contributed by atoms with Gasteiger partial charge in [-0.15, -0.1) is 0 Å². The maximum atomic E-state index is 11.8. The lowest BCUT2D eigenvalue weighted by Crippen LogP contribution is -2.52. The second kappa shape index (κ2) is 7.82. The van der Waals surface area contributed by atoms with Crippen molar-refractivity contribution in [3.63, 3.8) is 0 Å². The van der Waals surface area contributed by atoms with Gasteiger partial charge in [-0.05, 0) is 40.0 Å². The molecule has 1 aliphatic rings. The van der Waals surface area contributed by atoms with Gasteiger partial charge in [0.15, 0.2) is 0 Å². The van der Waals surface area contributed by atoms with Crippen molar-refractivity contribution in [2.75, 3.05) is 26.9 Å². The molecule has 0 aromatic rings. The number of nitrogens with one attached hydrogen (secondary N) is 1. The van der Waals surface area contributed by atoms with E-state index in [1.807, 2.05) is 20.8 Å². The van der Waals surface area contributed by atoms with Gasteiger partial charge in [0.05, 0.1) is 26.4 Å². The third-order valence-electron chi connectivity index (χ3n) is 3.16. The first-order valence-electron chi connectivity index (χ1n) is 7.03. The fourth-order valence-corrected chi connectivity index (χ4v) is 1.86. The van der Waals surface area contributed by atoms with E-state index in [0.29, 0.717) is 32.3 Å². The average molecular weight is 273 g/mol. The third-order valence-corrected chi connectivity index (χ3v) is 3.16. The van der Waals surface area contributed by atoms with Gasteiger partial charge in [0.25, 0.3) is 0 Å². The summed E-state index contributed by atoms with van der Waals surface area (Å²) < 4.78 is 15.8. The zero-order chi connectivity index (χ0) is 14.3. The quantitative estimate of drug-likeness (QED) is 0.483. The Morgan fingerprint density at radius 2 is 2.00 bits per heavy atom. The lowest BCUT2D eigenvalue weighted by molar-refractivity contribution is -0.149. The smallest absolute Gasteiger partial charge is 0.325 e.